The van der Waals surface area contributed by atoms with Crippen molar-refractivity contribution in [2.45, 2.75) is 31.5 Å². The van der Waals surface area contributed by atoms with E-state index in [4.69, 9.17) is 4.84 Å². The molecule has 0 aliphatic carbocycles. The van der Waals surface area contributed by atoms with Crippen LogP contribution in [0.25, 0.3) is 0 Å². The zero-order valence-electron chi connectivity index (χ0n) is 8.73. The van der Waals surface area contributed by atoms with E-state index in [0.29, 0.717) is 12.8 Å². The third kappa shape index (κ3) is 3.30. The van der Waals surface area contributed by atoms with Gasteiger partial charge in [-0.2, -0.15) is 0 Å². The van der Waals surface area contributed by atoms with Gasteiger partial charge in [-0.1, -0.05) is 30.3 Å². The summed E-state index contributed by atoms with van der Waals surface area (Å²) in [6.07, 6.45) is 2.27. The average molecular weight is 207 g/mol. The second-order valence-electron chi connectivity index (χ2n) is 4.00. The fraction of sp³-hybridized carbons (Fsp3) is 0.500. The molecular formula is C12H17NO2. The zero-order chi connectivity index (χ0) is 10.5. The van der Waals surface area contributed by atoms with E-state index in [-0.39, 0.29) is 12.2 Å². The molecule has 1 aromatic rings. The van der Waals surface area contributed by atoms with Gasteiger partial charge in [-0.25, -0.2) is 5.48 Å². The summed E-state index contributed by atoms with van der Waals surface area (Å²) in [6.45, 7) is 0.892. The van der Waals surface area contributed by atoms with E-state index in [2.05, 4.69) is 5.48 Å². The van der Waals surface area contributed by atoms with Crippen LogP contribution in [0.5, 0.6) is 0 Å². The number of rotatable bonds is 4. The normalized spacial score (nSPS) is 22.9. The van der Waals surface area contributed by atoms with E-state index >= 15 is 0 Å². The minimum Gasteiger partial charge on any atom is -0.393 e. The molecule has 0 aromatic heterocycles. The summed E-state index contributed by atoms with van der Waals surface area (Å²) in [5, 5.41) is 9.86. The monoisotopic (exact) mass is 207 g/mol. The van der Waals surface area contributed by atoms with Crippen molar-refractivity contribution in [1.29, 1.82) is 0 Å². The van der Waals surface area contributed by atoms with Crippen LogP contribution < -0.4 is 5.48 Å². The van der Waals surface area contributed by atoms with E-state index < -0.39 is 0 Å². The van der Waals surface area contributed by atoms with Gasteiger partial charge in [0.2, 0.25) is 0 Å². The van der Waals surface area contributed by atoms with Crippen molar-refractivity contribution in [3.63, 3.8) is 0 Å². The van der Waals surface area contributed by atoms with E-state index in [1.807, 2.05) is 30.3 Å². The maximum absolute atomic E-state index is 9.86. The Morgan fingerprint density at radius 1 is 1.40 bits per heavy atom. The molecule has 15 heavy (non-hydrogen) atoms. The maximum Gasteiger partial charge on any atom is 0.0828 e. The predicted octanol–water partition coefficient (Wildman–Crippen LogP) is 1.27. The molecule has 0 spiro atoms. The van der Waals surface area contributed by atoms with E-state index in [1.165, 1.54) is 5.56 Å². The van der Waals surface area contributed by atoms with Gasteiger partial charge in [-0.3, -0.25) is 4.84 Å². The van der Waals surface area contributed by atoms with Crippen molar-refractivity contribution in [3.8, 4) is 0 Å². The lowest BCUT2D eigenvalue weighted by molar-refractivity contribution is 0.00326. The molecular weight excluding hydrogens is 190 g/mol. The van der Waals surface area contributed by atoms with Gasteiger partial charge in [-0.05, 0) is 18.4 Å². The highest BCUT2D eigenvalue weighted by molar-refractivity contribution is 5.15. The first-order valence-electron chi connectivity index (χ1n) is 5.45. The quantitative estimate of drug-likeness (QED) is 0.781. The third-order valence-corrected chi connectivity index (χ3v) is 2.67. The Morgan fingerprint density at radius 3 is 2.87 bits per heavy atom. The van der Waals surface area contributed by atoms with Gasteiger partial charge >= 0.3 is 0 Å². The summed E-state index contributed by atoms with van der Waals surface area (Å²) in [6, 6.07) is 10.1. The molecule has 1 aliphatic rings. The van der Waals surface area contributed by atoms with Crippen molar-refractivity contribution in [1.82, 2.24) is 5.48 Å². The first-order valence-corrected chi connectivity index (χ1v) is 5.45. The lowest BCUT2D eigenvalue weighted by Crippen LogP contribution is -2.20. The Kier molecular flexibility index (Phi) is 3.72. The zero-order valence-corrected chi connectivity index (χ0v) is 8.73. The van der Waals surface area contributed by atoms with Gasteiger partial charge in [0, 0.05) is 13.0 Å². The molecule has 2 N–H and O–H groups in total. The minimum absolute atomic E-state index is 0.170. The number of hydroxylamine groups is 1. The molecule has 1 heterocycles. The van der Waals surface area contributed by atoms with Crippen molar-refractivity contribution in [3.05, 3.63) is 35.9 Å². The number of nitrogens with one attached hydrogen (secondary N) is 1. The van der Waals surface area contributed by atoms with Crippen LogP contribution in [-0.4, -0.2) is 23.9 Å². The second-order valence-corrected chi connectivity index (χ2v) is 4.00. The summed E-state index contributed by atoms with van der Waals surface area (Å²) in [7, 11) is 0. The lowest BCUT2D eigenvalue weighted by atomic mass is 10.0. The van der Waals surface area contributed by atoms with Crippen LogP contribution in [0.2, 0.25) is 0 Å². The molecule has 3 nitrogen and oxygen atoms in total. The number of hydrogen-bond donors (Lipinski definition) is 2. The topological polar surface area (TPSA) is 41.5 Å². The molecule has 0 saturated carbocycles. The molecule has 1 saturated heterocycles. The highest BCUT2D eigenvalue weighted by Gasteiger charge is 2.19. The van der Waals surface area contributed by atoms with Crippen LogP contribution in [0.3, 0.4) is 0 Å². The van der Waals surface area contributed by atoms with Crippen molar-refractivity contribution < 1.29 is 9.94 Å². The van der Waals surface area contributed by atoms with Gasteiger partial charge in [0.05, 0.1) is 12.2 Å². The Bertz CT molecular complexity index is 283. The molecule has 3 heteroatoms. The summed E-state index contributed by atoms with van der Waals surface area (Å²) in [5.74, 6) is 0. The molecule has 1 aliphatic heterocycles. The van der Waals surface area contributed by atoms with E-state index in [9.17, 15) is 5.11 Å². The average Bonchev–Trinajstić information content (AvgIpc) is 2.71. The molecule has 0 radical (unpaired) electrons. The minimum atomic E-state index is -0.308. The molecule has 2 unspecified atom stereocenters. The number of aliphatic hydroxyl groups excluding tert-OH is 1. The van der Waals surface area contributed by atoms with Gasteiger partial charge < -0.3 is 5.11 Å². The van der Waals surface area contributed by atoms with Crippen LogP contribution >= 0.6 is 0 Å². The fourth-order valence-electron chi connectivity index (χ4n) is 1.89. The van der Waals surface area contributed by atoms with Crippen molar-refractivity contribution >= 4 is 0 Å². The number of hydrogen-bond acceptors (Lipinski definition) is 3. The molecule has 2 atom stereocenters. The van der Waals surface area contributed by atoms with E-state index in [0.717, 1.165) is 13.0 Å². The fourth-order valence-corrected chi connectivity index (χ4v) is 1.89. The Labute approximate surface area is 90.0 Å². The predicted molar refractivity (Wildman–Crippen MR) is 58.3 cm³/mol. The van der Waals surface area contributed by atoms with E-state index in [1.54, 1.807) is 0 Å². The van der Waals surface area contributed by atoms with Crippen LogP contribution in [0, 0.1) is 0 Å². The SMILES string of the molecule is OC(Cc1ccccc1)CC1CCNO1. The molecule has 1 fully saturated rings. The largest absolute Gasteiger partial charge is 0.393 e. The van der Waals surface area contributed by atoms with Gasteiger partial charge in [0.1, 0.15) is 0 Å². The lowest BCUT2D eigenvalue weighted by Gasteiger charge is -2.14. The summed E-state index contributed by atoms with van der Waals surface area (Å²) < 4.78 is 0. The first-order chi connectivity index (χ1) is 7.34. The second kappa shape index (κ2) is 5.26. The smallest absolute Gasteiger partial charge is 0.0828 e. The van der Waals surface area contributed by atoms with Gasteiger partial charge in [-0.15, -0.1) is 0 Å². The highest BCUT2D eigenvalue weighted by Crippen LogP contribution is 2.13. The van der Waals surface area contributed by atoms with Crippen LogP contribution in [0.4, 0.5) is 0 Å². The summed E-state index contributed by atoms with van der Waals surface area (Å²) in [4.78, 5) is 5.25. The Morgan fingerprint density at radius 2 is 2.20 bits per heavy atom. The molecule has 1 aromatic carbocycles. The Balaban J connectivity index is 1.79. The standard InChI is InChI=1S/C12H17NO2/c14-11(9-12-6-7-13-15-12)8-10-4-2-1-3-5-10/h1-5,11-14H,6-9H2. The van der Waals surface area contributed by atoms with Gasteiger partial charge in [0.25, 0.3) is 0 Å². The molecule has 0 bridgehead atoms. The molecule has 0 amide bonds. The maximum atomic E-state index is 9.86. The molecule has 82 valence electrons. The highest BCUT2D eigenvalue weighted by atomic mass is 16.7. The summed E-state index contributed by atoms with van der Waals surface area (Å²) in [5.41, 5.74) is 4.01. The van der Waals surface area contributed by atoms with Gasteiger partial charge in [0.15, 0.2) is 0 Å². The number of aliphatic hydroxyl groups is 1. The molecule has 2 rings (SSSR count). The van der Waals surface area contributed by atoms with Crippen LogP contribution in [-0.2, 0) is 11.3 Å². The van der Waals surface area contributed by atoms with Crippen molar-refractivity contribution in [2.24, 2.45) is 0 Å². The van der Waals surface area contributed by atoms with Crippen LogP contribution in [0.1, 0.15) is 18.4 Å². The van der Waals surface area contributed by atoms with Crippen LogP contribution in [0.15, 0.2) is 30.3 Å². The third-order valence-electron chi connectivity index (χ3n) is 2.67. The number of benzene rings is 1. The first kappa shape index (κ1) is 10.6. The summed E-state index contributed by atoms with van der Waals surface area (Å²) >= 11 is 0. The van der Waals surface area contributed by atoms with Crippen molar-refractivity contribution in [2.75, 3.05) is 6.54 Å². The Hall–Kier alpha value is -0.900.